The lowest BCUT2D eigenvalue weighted by Crippen LogP contribution is -2.51. The van der Waals surface area contributed by atoms with Crippen LogP contribution in [-0.4, -0.2) is 77.2 Å². The van der Waals surface area contributed by atoms with Crippen molar-refractivity contribution in [1.29, 1.82) is 0 Å². The maximum atomic E-state index is 12.2. The standard InChI is InChI=1S/C9H12F6N2O4/c10-8(11,12)4-16(1-2-18)7(21)17(3-6(19)20)5-9(13,14)15/h18H,1-5H2,(H,19,20). The average Bonchev–Trinajstić information content (AvgIpc) is 2.22. The summed E-state index contributed by atoms with van der Waals surface area (Å²) in [5.41, 5.74) is 0. The fourth-order valence-electron chi connectivity index (χ4n) is 1.35. The first kappa shape index (κ1) is 19.3. The van der Waals surface area contributed by atoms with Crippen LogP contribution in [0.15, 0.2) is 0 Å². The first-order valence-corrected chi connectivity index (χ1v) is 5.35. The molecule has 0 heterocycles. The number of urea groups is 1. The normalized spacial score (nSPS) is 12.1. The molecule has 0 fully saturated rings. The van der Waals surface area contributed by atoms with Crippen molar-refractivity contribution in [3.8, 4) is 0 Å². The Morgan fingerprint density at radius 2 is 1.33 bits per heavy atom. The van der Waals surface area contributed by atoms with E-state index in [1.54, 1.807) is 0 Å². The van der Waals surface area contributed by atoms with Crippen LogP contribution in [0, 0.1) is 0 Å². The van der Waals surface area contributed by atoms with Gasteiger partial charge in [0.05, 0.1) is 6.61 Å². The highest BCUT2D eigenvalue weighted by Crippen LogP contribution is 2.20. The molecular weight excluding hydrogens is 314 g/mol. The second kappa shape index (κ2) is 7.33. The molecule has 124 valence electrons. The van der Waals surface area contributed by atoms with Crippen molar-refractivity contribution in [2.24, 2.45) is 0 Å². The van der Waals surface area contributed by atoms with Gasteiger partial charge in [0.1, 0.15) is 19.6 Å². The van der Waals surface area contributed by atoms with Gasteiger partial charge in [-0.15, -0.1) is 0 Å². The topological polar surface area (TPSA) is 81.1 Å². The van der Waals surface area contributed by atoms with Gasteiger partial charge in [0, 0.05) is 6.54 Å². The van der Waals surface area contributed by atoms with Crippen molar-refractivity contribution in [3.63, 3.8) is 0 Å². The minimum atomic E-state index is -4.98. The highest BCUT2D eigenvalue weighted by molar-refractivity contribution is 5.80. The number of hydrogen-bond acceptors (Lipinski definition) is 3. The Bertz CT molecular complexity index is 370. The molecule has 0 aliphatic heterocycles. The van der Waals surface area contributed by atoms with Crippen LogP contribution >= 0.6 is 0 Å². The van der Waals surface area contributed by atoms with Crippen LogP contribution in [0.5, 0.6) is 0 Å². The van der Waals surface area contributed by atoms with E-state index in [1.807, 2.05) is 0 Å². The van der Waals surface area contributed by atoms with Crippen LogP contribution in [-0.2, 0) is 4.79 Å². The van der Waals surface area contributed by atoms with Crippen molar-refractivity contribution < 1.29 is 46.1 Å². The molecule has 0 spiro atoms. The van der Waals surface area contributed by atoms with Crippen LogP contribution < -0.4 is 0 Å². The molecular formula is C9H12F6N2O4. The van der Waals surface area contributed by atoms with E-state index < -0.39 is 57.1 Å². The number of carbonyl (C=O) groups is 2. The summed E-state index contributed by atoms with van der Waals surface area (Å²) in [7, 11) is 0. The predicted octanol–water partition coefficient (Wildman–Crippen LogP) is 0.912. The van der Waals surface area contributed by atoms with E-state index in [1.165, 1.54) is 0 Å². The first-order valence-electron chi connectivity index (χ1n) is 5.35. The second-order valence-electron chi connectivity index (χ2n) is 3.91. The Balaban J connectivity index is 5.13. The van der Waals surface area contributed by atoms with E-state index in [4.69, 9.17) is 10.2 Å². The number of aliphatic hydroxyl groups excluding tert-OH is 1. The third-order valence-corrected chi connectivity index (χ3v) is 1.98. The Kier molecular flexibility index (Phi) is 6.73. The van der Waals surface area contributed by atoms with Gasteiger partial charge in [0.15, 0.2) is 0 Å². The van der Waals surface area contributed by atoms with Crippen LogP contribution in [0.3, 0.4) is 0 Å². The Labute approximate surface area is 114 Å². The van der Waals surface area contributed by atoms with Crippen LogP contribution in [0.4, 0.5) is 31.1 Å². The Morgan fingerprint density at radius 1 is 0.905 bits per heavy atom. The molecule has 0 aromatic rings. The van der Waals surface area contributed by atoms with Crippen molar-refractivity contribution in [3.05, 3.63) is 0 Å². The zero-order valence-electron chi connectivity index (χ0n) is 10.4. The Morgan fingerprint density at radius 3 is 1.67 bits per heavy atom. The summed E-state index contributed by atoms with van der Waals surface area (Å²) < 4.78 is 73.3. The molecule has 0 aromatic carbocycles. The molecule has 12 heteroatoms. The van der Waals surface area contributed by atoms with Gasteiger partial charge in [-0.2, -0.15) is 26.3 Å². The van der Waals surface area contributed by atoms with E-state index in [2.05, 4.69) is 0 Å². The van der Waals surface area contributed by atoms with Crippen molar-refractivity contribution in [1.82, 2.24) is 9.80 Å². The molecule has 2 amide bonds. The van der Waals surface area contributed by atoms with Gasteiger partial charge in [-0.3, -0.25) is 4.79 Å². The molecule has 0 rings (SSSR count). The lowest BCUT2D eigenvalue weighted by atomic mass is 10.4. The minimum absolute atomic E-state index is 0.103. The molecule has 0 aliphatic rings. The van der Waals surface area contributed by atoms with E-state index in [0.29, 0.717) is 0 Å². The van der Waals surface area contributed by atoms with E-state index in [0.717, 1.165) is 0 Å². The third kappa shape index (κ3) is 8.94. The molecule has 0 radical (unpaired) electrons. The number of hydrogen-bond donors (Lipinski definition) is 2. The largest absolute Gasteiger partial charge is 0.480 e. The average molecular weight is 326 g/mol. The Hall–Kier alpha value is -1.72. The summed E-state index contributed by atoms with van der Waals surface area (Å²) in [5.74, 6) is -1.82. The number of amides is 2. The summed E-state index contributed by atoms with van der Waals surface area (Å²) in [6.45, 7) is -7.14. The van der Waals surface area contributed by atoms with Gasteiger partial charge in [-0.1, -0.05) is 0 Å². The molecule has 0 atom stereocenters. The van der Waals surface area contributed by atoms with Crippen LogP contribution in [0.25, 0.3) is 0 Å². The second-order valence-corrected chi connectivity index (χ2v) is 3.91. The zero-order chi connectivity index (χ0) is 16.8. The van der Waals surface area contributed by atoms with Gasteiger partial charge in [0.25, 0.3) is 0 Å². The lowest BCUT2D eigenvalue weighted by Gasteiger charge is -2.30. The third-order valence-electron chi connectivity index (χ3n) is 1.98. The maximum absolute atomic E-state index is 12.2. The van der Waals surface area contributed by atoms with E-state index >= 15 is 0 Å². The summed E-state index contributed by atoms with van der Waals surface area (Å²) >= 11 is 0. The number of carboxylic acids is 1. The molecule has 0 aliphatic carbocycles. The lowest BCUT2D eigenvalue weighted by molar-refractivity contribution is -0.153. The van der Waals surface area contributed by atoms with Crippen LogP contribution in [0.1, 0.15) is 0 Å². The number of carbonyl (C=O) groups excluding carboxylic acids is 1. The number of carboxylic acid groups (broad SMARTS) is 1. The summed E-state index contributed by atoms with van der Waals surface area (Å²) in [6, 6.07) is -1.78. The molecule has 0 bridgehead atoms. The monoisotopic (exact) mass is 326 g/mol. The zero-order valence-corrected chi connectivity index (χ0v) is 10.4. The molecule has 0 unspecified atom stereocenters. The SMILES string of the molecule is O=C(O)CN(CC(F)(F)F)C(=O)N(CCO)CC(F)(F)F. The number of nitrogens with zero attached hydrogens (tertiary/aromatic N) is 2. The van der Waals surface area contributed by atoms with Crippen molar-refractivity contribution in [2.75, 3.05) is 32.8 Å². The quantitative estimate of drug-likeness (QED) is 0.711. The predicted molar refractivity (Wildman–Crippen MR) is 55.4 cm³/mol. The molecule has 6 nitrogen and oxygen atoms in total. The number of aliphatic hydroxyl groups is 1. The summed E-state index contributed by atoms with van der Waals surface area (Å²) in [6.07, 6.45) is -9.88. The number of aliphatic carboxylic acids is 1. The molecule has 0 aromatic heterocycles. The molecule has 21 heavy (non-hydrogen) atoms. The number of rotatable bonds is 6. The fourth-order valence-corrected chi connectivity index (χ4v) is 1.35. The highest BCUT2D eigenvalue weighted by Gasteiger charge is 2.39. The van der Waals surface area contributed by atoms with Gasteiger partial charge in [-0.05, 0) is 0 Å². The fraction of sp³-hybridized carbons (Fsp3) is 0.778. The van der Waals surface area contributed by atoms with Gasteiger partial charge in [-0.25, -0.2) is 4.79 Å². The van der Waals surface area contributed by atoms with Gasteiger partial charge in [0.2, 0.25) is 0 Å². The number of alkyl halides is 6. The minimum Gasteiger partial charge on any atom is -0.480 e. The molecule has 2 N–H and O–H groups in total. The van der Waals surface area contributed by atoms with Gasteiger partial charge >= 0.3 is 24.4 Å². The van der Waals surface area contributed by atoms with Crippen molar-refractivity contribution >= 4 is 12.0 Å². The van der Waals surface area contributed by atoms with Crippen molar-refractivity contribution in [2.45, 2.75) is 12.4 Å². The van der Waals surface area contributed by atoms with E-state index in [-0.39, 0.29) is 9.80 Å². The highest BCUT2D eigenvalue weighted by atomic mass is 19.4. The summed E-state index contributed by atoms with van der Waals surface area (Å²) in [4.78, 5) is 21.6. The number of halogens is 6. The summed E-state index contributed by atoms with van der Waals surface area (Å²) in [5, 5.41) is 17.0. The van der Waals surface area contributed by atoms with Gasteiger partial charge < -0.3 is 20.0 Å². The van der Waals surface area contributed by atoms with Crippen LogP contribution in [0.2, 0.25) is 0 Å². The maximum Gasteiger partial charge on any atom is 0.406 e. The van der Waals surface area contributed by atoms with E-state index in [9.17, 15) is 35.9 Å². The first-order chi connectivity index (χ1) is 9.35. The molecule has 0 saturated heterocycles. The molecule has 0 saturated carbocycles. The smallest absolute Gasteiger partial charge is 0.406 e.